The Labute approximate surface area is 204 Å². The van der Waals surface area contributed by atoms with Crippen molar-refractivity contribution in [1.82, 2.24) is 9.97 Å². The van der Waals surface area contributed by atoms with Crippen LogP contribution < -0.4 is 5.32 Å². The van der Waals surface area contributed by atoms with Gasteiger partial charge in [0, 0.05) is 42.6 Å². The zero-order valence-electron chi connectivity index (χ0n) is 19.4. The van der Waals surface area contributed by atoms with Gasteiger partial charge in [-0.25, -0.2) is 14.8 Å². The third-order valence-corrected chi connectivity index (χ3v) is 8.75. The monoisotopic (exact) mass is 485 g/mol. The molecule has 5 heterocycles. The smallest absolute Gasteiger partial charge is 0.343 e. The molecule has 2 N–H and O–H groups in total. The molecule has 0 aromatic carbocycles. The van der Waals surface area contributed by atoms with Gasteiger partial charge < -0.3 is 14.3 Å². The van der Waals surface area contributed by atoms with Gasteiger partial charge in [0.2, 0.25) is 5.95 Å². The number of anilines is 1. The summed E-state index contributed by atoms with van der Waals surface area (Å²) in [5.41, 5.74) is -0.943. The van der Waals surface area contributed by atoms with E-state index in [1.165, 1.54) is 11.3 Å². The largest absolute Gasteiger partial charge is 0.454 e. The number of thiophene rings is 1. The van der Waals surface area contributed by atoms with E-state index in [0.717, 1.165) is 58.0 Å². The molecule has 2 bridgehead atoms. The Morgan fingerprint density at radius 1 is 1.15 bits per heavy atom. The molecule has 4 fully saturated rings. The van der Waals surface area contributed by atoms with E-state index in [-0.39, 0.29) is 23.8 Å². The van der Waals surface area contributed by atoms with Crippen molar-refractivity contribution in [2.45, 2.75) is 56.7 Å². The first-order valence-electron chi connectivity index (χ1n) is 12.4. The minimum absolute atomic E-state index is 0.121. The second-order valence-corrected chi connectivity index (χ2v) is 10.9. The number of carbonyl (C=O) groups excluding carboxylic acids is 2. The Balaban J connectivity index is 1.29. The average molecular weight is 486 g/mol. The number of aliphatic hydroxyl groups is 1. The van der Waals surface area contributed by atoms with Gasteiger partial charge >= 0.3 is 5.97 Å². The van der Waals surface area contributed by atoms with Crippen LogP contribution in [0.2, 0.25) is 0 Å². The van der Waals surface area contributed by atoms with E-state index in [4.69, 9.17) is 4.74 Å². The van der Waals surface area contributed by atoms with Gasteiger partial charge in [-0.1, -0.05) is 19.3 Å². The number of fused-ring (bicyclic) bond motifs is 3. The van der Waals surface area contributed by atoms with Crippen molar-refractivity contribution in [2.75, 3.05) is 31.5 Å². The van der Waals surface area contributed by atoms with Crippen LogP contribution in [0.1, 0.15) is 50.5 Å². The normalized spacial score (nSPS) is 28.7. The molecule has 2 atom stereocenters. The minimum Gasteiger partial charge on any atom is -0.454 e. The summed E-state index contributed by atoms with van der Waals surface area (Å²) >= 11 is 1.49. The number of carbonyl (C=O) groups is 2. The van der Waals surface area contributed by atoms with Crippen LogP contribution in [0, 0.1) is 11.8 Å². The van der Waals surface area contributed by atoms with Crippen LogP contribution in [0.15, 0.2) is 35.3 Å². The first-order valence-corrected chi connectivity index (χ1v) is 13.3. The number of hydrogen-bond donors (Lipinski definition) is 2. The van der Waals surface area contributed by atoms with Crippen LogP contribution in [0.25, 0.3) is 0 Å². The molecule has 1 unspecified atom stereocenters. The highest BCUT2D eigenvalue weighted by molar-refractivity contribution is 7.08. The van der Waals surface area contributed by atoms with Crippen LogP contribution >= 0.6 is 11.3 Å². The summed E-state index contributed by atoms with van der Waals surface area (Å²) in [6, 6.07) is 3.55. The van der Waals surface area contributed by atoms with Gasteiger partial charge in [0.25, 0.3) is 5.91 Å². The zero-order chi connectivity index (χ0) is 23.6. The van der Waals surface area contributed by atoms with Gasteiger partial charge in [0.1, 0.15) is 6.54 Å². The molecule has 1 amide bonds. The second-order valence-electron chi connectivity index (χ2n) is 10.1. The maximum atomic E-state index is 13.6. The molecule has 2 aromatic heterocycles. The lowest BCUT2D eigenvalue weighted by Gasteiger charge is -2.52. The Kier molecular flexibility index (Phi) is 6.68. The number of nitrogens with zero attached hydrogens (tertiary/aromatic N) is 3. The molecule has 0 radical (unpaired) electrons. The maximum absolute atomic E-state index is 13.6. The Morgan fingerprint density at radius 2 is 1.88 bits per heavy atom. The number of nitrogens with one attached hydrogen (secondary N) is 1. The second kappa shape index (κ2) is 9.71. The van der Waals surface area contributed by atoms with Crippen molar-refractivity contribution in [3.63, 3.8) is 0 Å². The summed E-state index contributed by atoms with van der Waals surface area (Å²) in [5, 5.41) is 18.3. The molecule has 0 spiro atoms. The molecule has 9 heteroatoms. The summed E-state index contributed by atoms with van der Waals surface area (Å²) in [7, 11) is 0. The Morgan fingerprint density at radius 3 is 2.56 bits per heavy atom. The predicted octanol–water partition coefficient (Wildman–Crippen LogP) is 3.10. The topological polar surface area (TPSA) is 101 Å². The number of esters is 1. The standard InChI is InChI=1S/C25H32N4O4S/c30-22(28-24-26-10-4-11-27-24)16-29-12-7-18(8-13-29)21(15-29)33-23(31)25(32,20-9-14-34-17-20)19-5-2-1-3-6-19/h4,9-11,14,17-19,21,32H,1-3,5-8,12-13,15-16H2/p+1/t18?,21-,25?,29?/m0/s1. The number of amides is 1. The number of rotatable bonds is 7. The highest BCUT2D eigenvalue weighted by atomic mass is 32.1. The summed E-state index contributed by atoms with van der Waals surface area (Å²) < 4.78 is 6.73. The number of ether oxygens (including phenoxy) is 1. The van der Waals surface area contributed by atoms with Crippen molar-refractivity contribution in [3.8, 4) is 0 Å². The van der Waals surface area contributed by atoms with Gasteiger partial charge in [0.15, 0.2) is 18.2 Å². The molecule has 6 rings (SSSR count). The van der Waals surface area contributed by atoms with Crippen LogP contribution in [0.5, 0.6) is 0 Å². The third kappa shape index (κ3) is 4.61. The van der Waals surface area contributed by atoms with E-state index in [2.05, 4.69) is 15.3 Å². The van der Waals surface area contributed by atoms with Crippen LogP contribution in [-0.2, 0) is 19.9 Å². The lowest BCUT2D eigenvalue weighted by atomic mass is 9.74. The summed E-state index contributed by atoms with van der Waals surface area (Å²) in [6.07, 6.45) is 9.58. The molecule has 1 saturated carbocycles. The number of aromatic nitrogens is 2. The average Bonchev–Trinajstić information content (AvgIpc) is 3.40. The molecule has 2 aromatic rings. The summed E-state index contributed by atoms with van der Waals surface area (Å²) in [5.74, 6) is -0.189. The van der Waals surface area contributed by atoms with Gasteiger partial charge in [-0.15, -0.1) is 0 Å². The van der Waals surface area contributed by atoms with E-state index in [1.54, 1.807) is 18.5 Å². The maximum Gasteiger partial charge on any atom is 0.343 e. The Bertz CT molecular complexity index is 988. The molecule has 34 heavy (non-hydrogen) atoms. The van der Waals surface area contributed by atoms with E-state index < -0.39 is 11.6 Å². The fourth-order valence-corrected chi connectivity index (χ4v) is 6.87. The summed E-state index contributed by atoms with van der Waals surface area (Å²) in [6.45, 7) is 2.68. The quantitative estimate of drug-likeness (QED) is 0.462. The Hall–Kier alpha value is -2.36. The van der Waals surface area contributed by atoms with E-state index in [1.807, 2.05) is 16.8 Å². The number of quaternary nitrogens is 1. The predicted molar refractivity (Wildman–Crippen MR) is 128 cm³/mol. The van der Waals surface area contributed by atoms with Crippen LogP contribution in [0.3, 0.4) is 0 Å². The van der Waals surface area contributed by atoms with E-state index in [9.17, 15) is 14.7 Å². The van der Waals surface area contributed by atoms with Crippen molar-refractivity contribution in [1.29, 1.82) is 0 Å². The van der Waals surface area contributed by atoms with Crippen molar-refractivity contribution < 1.29 is 23.9 Å². The molecule has 1 aliphatic carbocycles. The minimum atomic E-state index is -1.60. The number of hydrogen-bond acceptors (Lipinski definition) is 7. The molecule has 3 saturated heterocycles. The highest BCUT2D eigenvalue weighted by Gasteiger charge is 2.52. The third-order valence-electron chi connectivity index (χ3n) is 8.06. The number of piperidine rings is 3. The fraction of sp³-hybridized carbons (Fsp3) is 0.600. The fourth-order valence-electron chi connectivity index (χ4n) is 6.16. The first-order chi connectivity index (χ1) is 16.5. The molecule has 4 aliphatic rings. The molecular formula is C25H33N4O4S+. The van der Waals surface area contributed by atoms with Gasteiger partial charge in [-0.3, -0.25) is 10.1 Å². The van der Waals surface area contributed by atoms with Gasteiger partial charge in [-0.05, 0) is 35.7 Å². The van der Waals surface area contributed by atoms with E-state index >= 15 is 0 Å². The van der Waals surface area contributed by atoms with Gasteiger partial charge in [-0.2, -0.15) is 11.3 Å². The lowest BCUT2D eigenvalue weighted by molar-refractivity contribution is -0.939. The van der Waals surface area contributed by atoms with Crippen LogP contribution in [-0.4, -0.2) is 63.7 Å². The highest BCUT2D eigenvalue weighted by Crippen LogP contribution is 2.43. The SMILES string of the molecule is O=C(C[N+]12CCC(CC1)[C@@H](OC(=O)C(O)(c1ccsc1)C1CCCCC1)C2)Nc1ncccn1. The molecule has 3 aliphatic heterocycles. The van der Waals surface area contributed by atoms with Crippen molar-refractivity contribution in [3.05, 3.63) is 40.8 Å². The van der Waals surface area contributed by atoms with Crippen LogP contribution in [0.4, 0.5) is 5.95 Å². The summed E-state index contributed by atoms with van der Waals surface area (Å²) in [4.78, 5) is 34.5. The molecule has 182 valence electrons. The van der Waals surface area contributed by atoms with Crippen molar-refractivity contribution >= 4 is 29.2 Å². The molecular weight excluding hydrogens is 452 g/mol. The van der Waals surface area contributed by atoms with E-state index in [0.29, 0.717) is 29.1 Å². The zero-order valence-corrected chi connectivity index (χ0v) is 20.2. The lowest BCUT2D eigenvalue weighted by Crippen LogP contribution is -2.66. The first kappa shape index (κ1) is 23.4. The van der Waals surface area contributed by atoms with Crippen molar-refractivity contribution in [2.24, 2.45) is 11.8 Å². The van der Waals surface area contributed by atoms with Gasteiger partial charge in [0.05, 0.1) is 13.1 Å². The molecule has 8 nitrogen and oxygen atoms in total.